The van der Waals surface area contributed by atoms with Crippen molar-refractivity contribution in [1.82, 2.24) is 10.2 Å². The molecule has 1 heterocycles. The molecule has 0 atom stereocenters. The van der Waals surface area contributed by atoms with Crippen LogP contribution in [0.5, 0.6) is 0 Å². The molecule has 0 spiro atoms. The van der Waals surface area contributed by atoms with Gasteiger partial charge in [0.05, 0.1) is 11.5 Å². The minimum atomic E-state index is -0.499. The van der Waals surface area contributed by atoms with Crippen LogP contribution in [0, 0.1) is 10.1 Å². The van der Waals surface area contributed by atoms with E-state index < -0.39 is 4.92 Å². The lowest BCUT2D eigenvalue weighted by atomic mass is 10.2. The molecule has 1 aliphatic heterocycles. The number of nitrogens with one attached hydrogen (secondary N) is 1. The standard InChI is InChI=1S/C12H14ClN3O3/c13-10-3-2-9(6-11(10)16(18)19)7-15-5-1-4-14-12(17)8-15/h2-3,6H,1,4-5,7-8H2,(H,14,17). The highest BCUT2D eigenvalue weighted by Gasteiger charge is 2.17. The molecule has 0 aliphatic carbocycles. The summed E-state index contributed by atoms with van der Waals surface area (Å²) in [5, 5.41) is 13.7. The Kier molecular flexibility index (Phi) is 4.34. The SMILES string of the molecule is O=C1CN(Cc2ccc(Cl)c([N+](=O)[O-])c2)CCCN1. The van der Waals surface area contributed by atoms with Crippen molar-refractivity contribution in [2.75, 3.05) is 19.6 Å². The van der Waals surface area contributed by atoms with Gasteiger partial charge < -0.3 is 5.32 Å². The van der Waals surface area contributed by atoms with Crippen LogP contribution in [-0.4, -0.2) is 35.4 Å². The van der Waals surface area contributed by atoms with Crippen LogP contribution < -0.4 is 5.32 Å². The van der Waals surface area contributed by atoms with E-state index in [1.165, 1.54) is 12.1 Å². The lowest BCUT2D eigenvalue weighted by Crippen LogP contribution is -2.32. The van der Waals surface area contributed by atoms with Crippen LogP contribution >= 0.6 is 11.6 Å². The zero-order valence-corrected chi connectivity index (χ0v) is 11.0. The minimum Gasteiger partial charge on any atom is -0.355 e. The van der Waals surface area contributed by atoms with Crippen molar-refractivity contribution < 1.29 is 9.72 Å². The maximum Gasteiger partial charge on any atom is 0.288 e. The third kappa shape index (κ3) is 3.65. The summed E-state index contributed by atoms with van der Waals surface area (Å²) >= 11 is 5.76. The van der Waals surface area contributed by atoms with E-state index in [4.69, 9.17) is 11.6 Å². The van der Waals surface area contributed by atoms with Gasteiger partial charge in [0, 0.05) is 25.7 Å². The average molecular weight is 284 g/mol. The Bertz CT molecular complexity index is 507. The van der Waals surface area contributed by atoms with E-state index in [1.54, 1.807) is 6.07 Å². The largest absolute Gasteiger partial charge is 0.355 e. The first kappa shape index (κ1) is 13.8. The van der Waals surface area contributed by atoms with Crippen LogP contribution in [0.3, 0.4) is 0 Å². The van der Waals surface area contributed by atoms with Crippen molar-refractivity contribution in [2.24, 2.45) is 0 Å². The molecule has 1 aliphatic rings. The van der Waals surface area contributed by atoms with Crippen molar-refractivity contribution in [3.8, 4) is 0 Å². The molecule has 1 saturated heterocycles. The third-order valence-electron chi connectivity index (χ3n) is 2.95. The normalized spacial score (nSPS) is 16.8. The molecule has 2 rings (SSSR count). The predicted molar refractivity (Wildman–Crippen MR) is 71.0 cm³/mol. The smallest absolute Gasteiger partial charge is 0.288 e. The maximum absolute atomic E-state index is 11.4. The fourth-order valence-electron chi connectivity index (χ4n) is 2.06. The lowest BCUT2D eigenvalue weighted by Gasteiger charge is -2.18. The Morgan fingerprint density at radius 2 is 2.26 bits per heavy atom. The van der Waals surface area contributed by atoms with Crippen LogP contribution in [0.15, 0.2) is 18.2 Å². The molecule has 1 aromatic rings. The number of benzene rings is 1. The molecular weight excluding hydrogens is 270 g/mol. The summed E-state index contributed by atoms with van der Waals surface area (Å²) in [5.74, 6) is -0.0130. The Balaban J connectivity index is 2.12. The van der Waals surface area contributed by atoms with E-state index in [9.17, 15) is 14.9 Å². The Hall–Kier alpha value is -1.66. The van der Waals surface area contributed by atoms with Gasteiger partial charge in [-0.15, -0.1) is 0 Å². The first-order chi connectivity index (χ1) is 9.06. The number of carbonyl (C=O) groups is 1. The van der Waals surface area contributed by atoms with Crippen LogP contribution in [0.1, 0.15) is 12.0 Å². The van der Waals surface area contributed by atoms with Crippen molar-refractivity contribution in [1.29, 1.82) is 0 Å². The van der Waals surface area contributed by atoms with Gasteiger partial charge in [-0.05, 0) is 18.1 Å². The van der Waals surface area contributed by atoms with Crippen LogP contribution in [0.4, 0.5) is 5.69 Å². The van der Waals surface area contributed by atoms with Gasteiger partial charge in [0.2, 0.25) is 5.91 Å². The number of hydrogen-bond acceptors (Lipinski definition) is 4. The molecule has 6 nitrogen and oxygen atoms in total. The molecule has 0 bridgehead atoms. The van der Waals surface area contributed by atoms with Crippen molar-refractivity contribution >= 4 is 23.2 Å². The molecule has 102 valence electrons. The molecule has 1 N–H and O–H groups in total. The third-order valence-corrected chi connectivity index (χ3v) is 3.27. The second-order valence-corrected chi connectivity index (χ2v) is 4.86. The predicted octanol–water partition coefficient (Wildman–Crippen LogP) is 1.57. The minimum absolute atomic E-state index is 0.0130. The summed E-state index contributed by atoms with van der Waals surface area (Å²) in [6.07, 6.45) is 0.876. The van der Waals surface area contributed by atoms with Crippen molar-refractivity contribution in [3.05, 3.63) is 38.9 Å². The summed E-state index contributed by atoms with van der Waals surface area (Å²) in [4.78, 5) is 23.7. The highest BCUT2D eigenvalue weighted by Crippen LogP contribution is 2.25. The molecule has 0 unspecified atom stereocenters. The monoisotopic (exact) mass is 283 g/mol. The van der Waals surface area contributed by atoms with Gasteiger partial charge in [-0.3, -0.25) is 19.8 Å². The number of nitro benzene ring substituents is 1. The van der Waals surface area contributed by atoms with Gasteiger partial charge in [0.25, 0.3) is 5.69 Å². The molecule has 19 heavy (non-hydrogen) atoms. The van der Waals surface area contributed by atoms with E-state index in [2.05, 4.69) is 5.32 Å². The number of amides is 1. The van der Waals surface area contributed by atoms with Gasteiger partial charge in [-0.25, -0.2) is 0 Å². The average Bonchev–Trinajstić information content (AvgIpc) is 2.56. The van der Waals surface area contributed by atoms with E-state index in [0.717, 1.165) is 18.5 Å². The second-order valence-electron chi connectivity index (χ2n) is 4.46. The molecule has 1 fully saturated rings. The van der Waals surface area contributed by atoms with Gasteiger partial charge in [-0.1, -0.05) is 17.7 Å². The van der Waals surface area contributed by atoms with Crippen LogP contribution in [0.25, 0.3) is 0 Å². The molecular formula is C12H14ClN3O3. The van der Waals surface area contributed by atoms with Crippen LogP contribution in [-0.2, 0) is 11.3 Å². The number of hydrogen-bond donors (Lipinski definition) is 1. The number of nitro groups is 1. The van der Waals surface area contributed by atoms with E-state index in [0.29, 0.717) is 19.6 Å². The maximum atomic E-state index is 11.4. The number of nitrogens with zero attached hydrogens (tertiary/aromatic N) is 2. The van der Waals surface area contributed by atoms with Crippen molar-refractivity contribution in [2.45, 2.75) is 13.0 Å². The van der Waals surface area contributed by atoms with Gasteiger partial charge in [-0.2, -0.15) is 0 Å². The highest BCUT2D eigenvalue weighted by atomic mass is 35.5. The van der Waals surface area contributed by atoms with Gasteiger partial charge >= 0.3 is 0 Å². The first-order valence-electron chi connectivity index (χ1n) is 5.98. The fourth-order valence-corrected chi connectivity index (χ4v) is 2.24. The van der Waals surface area contributed by atoms with Crippen LogP contribution in [0.2, 0.25) is 5.02 Å². The van der Waals surface area contributed by atoms with Gasteiger partial charge in [0.15, 0.2) is 0 Å². The summed E-state index contributed by atoms with van der Waals surface area (Å²) in [6.45, 7) is 2.28. The number of halogens is 1. The summed E-state index contributed by atoms with van der Waals surface area (Å²) < 4.78 is 0. The first-order valence-corrected chi connectivity index (χ1v) is 6.36. The fraction of sp³-hybridized carbons (Fsp3) is 0.417. The van der Waals surface area contributed by atoms with E-state index in [-0.39, 0.29) is 16.6 Å². The molecule has 0 saturated carbocycles. The van der Waals surface area contributed by atoms with Gasteiger partial charge in [0.1, 0.15) is 5.02 Å². The molecule has 1 amide bonds. The molecule has 0 radical (unpaired) electrons. The zero-order valence-electron chi connectivity index (χ0n) is 10.3. The summed E-state index contributed by atoms with van der Waals surface area (Å²) in [7, 11) is 0. The van der Waals surface area contributed by atoms with Crippen molar-refractivity contribution in [3.63, 3.8) is 0 Å². The zero-order chi connectivity index (χ0) is 13.8. The Labute approximate surface area is 115 Å². The quantitative estimate of drug-likeness (QED) is 0.675. The Morgan fingerprint density at radius 3 is 3.00 bits per heavy atom. The molecule has 0 aromatic heterocycles. The second kappa shape index (κ2) is 5.99. The van der Waals surface area contributed by atoms with E-state index >= 15 is 0 Å². The number of carbonyl (C=O) groups excluding carboxylic acids is 1. The lowest BCUT2D eigenvalue weighted by molar-refractivity contribution is -0.384. The van der Waals surface area contributed by atoms with E-state index in [1.807, 2.05) is 4.90 Å². The molecule has 1 aromatic carbocycles. The topological polar surface area (TPSA) is 75.5 Å². The summed E-state index contributed by atoms with van der Waals surface area (Å²) in [6, 6.07) is 4.73. The Morgan fingerprint density at radius 1 is 1.47 bits per heavy atom. The highest BCUT2D eigenvalue weighted by molar-refractivity contribution is 6.32. The molecule has 7 heteroatoms. The number of rotatable bonds is 3. The summed E-state index contributed by atoms with van der Waals surface area (Å²) in [5.41, 5.74) is 0.684.